The largest absolute Gasteiger partial charge is 0.444 e. The second kappa shape index (κ2) is 7.40. The third kappa shape index (κ3) is 4.64. The number of likely N-dealkylation sites (tertiary alicyclic amines) is 1. The Morgan fingerprint density at radius 2 is 2.27 bits per heavy atom. The van der Waals surface area contributed by atoms with Crippen molar-refractivity contribution in [2.24, 2.45) is 5.92 Å². The molecule has 2 aromatic rings. The van der Waals surface area contributed by atoms with Crippen molar-refractivity contribution >= 4 is 45.1 Å². The van der Waals surface area contributed by atoms with Crippen LogP contribution >= 0.6 is 23.1 Å². The van der Waals surface area contributed by atoms with Crippen molar-refractivity contribution in [2.45, 2.75) is 37.1 Å². The lowest BCUT2D eigenvalue weighted by Gasteiger charge is -2.24. The van der Waals surface area contributed by atoms with Gasteiger partial charge in [0.05, 0.1) is 15.1 Å². The molecule has 0 N–H and O–H groups in total. The van der Waals surface area contributed by atoms with E-state index in [-0.39, 0.29) is 11.8 Å². The molecule has 1 aromatic heterocycles. The van der Waals surface area contributed by atoms with Crippen LogP contribution in [0.3, 0.4) is 0 Å². The van der Waals surface area contributed by atoms with E-state index in [0.717, 1.165) is 21.2 Å². The zero-order valence-electron chi connectivity index (χ0n) is 14.9. The highest BCUT2D eigenvalue weighted by atomic mass is 32.2. The van der Waals surface area contributed by atoms with Crippen molar-refractivity contribution < 1.29 is 14.5 Å². The first kappa shape index (κ1) is 18.9. The molecule has 1 amide bonds. The van der Waals surface area contributed by atoms with Gasteiger partial charge in [-0.25, -0.2) is 9.78 Å². The Kier molecular flexibility index (Phi) is 5.38. The Hall–Kier alpha value is -1.87. The molecule has 1 atom stereocenters. The van der Waals surface area contributed by atoms with Gasteiger partial charge in [0, 0.05) is 31.0 Å². The lowest BCUT2D eigenvalue weighted by atomic mass is 10.2. The fourth-order valence-electron chi connectivity index (χ4n) is 2.72. The fraction of sp³-hybridized carbons (Fsp3) is 0.529. The van der Waals surface area contributed by atoms with Crippen molar-refractivity contribution in [3.05, 3.63) is 28.3 Å². The normalized spacial score (nSPS) is 17.7. The Bertz CT molecular complexity index is 831. The summed E-state index contributed by atoms with van der Waals surface area (Å²) in [5, 5.41) is 10.9. The number of rotatable bonds is 4. The molecule has 3 rings (SSSR count). The number of nitro groups is 1. The van der Waals surface area contributed by atoms with Crippen LogP contribution in [-0.2, 0) is 4.74 Å². The molecule has 1 aromatic carbocycles. The van der Waals surface area contributed by atoms with Gasteiger partial charge in [-0.05, 0) is 39.2 Å². The molecule has 0 aliphatic carbocycles. The molecule has 26 heavy (non-hydrogen) atoms. The molecule has 1 aliphatic heterocycles. The predicted octanol–water partition coefficient (Wildman–Crippen LogP) is 4.55. The van der Waals surface area contributed by atoms with Gasteiger partial charge in [-0.1, -0.05) is 11.8 Å². The first-order chi connectivity index (χ1) is 12.2. The van der Waals surface area contributed by atoms with E-state index in [1.165, 1.54) is 12.1 Å². The van der Waals surface area contributed by atoms with Crippen LogP contribution in [0.5, 0.6) is 0 Å². The number of nitrogens with zero attached hydrogens (tertiary/aromatic N) is 3. The van der Waals surface area contributed by atoms with Gasteiger partial charge in [0.25, 0.3) is 5.69 Å². The number of non-ortho nitro benzene ring substituents is 1. The van der Waals surface area contributed by atoms with E-state index in [0.29, 0.717) is 24.5 Å². The quantitative estimate of drug-likeness (QED) is 0.429. The Balaban J connectivity index is 1.56. The molecule has 1 aliphatic rings. The summed E-state index contributed by atoms with van der Waals surface area (Å²) in [5.74, 6) is 1.26. The van der Waals surface area contributed by atoms with Gasteiger partial charge < -0.3 is 9.64 Å². The predicted molar refractivity (Wildman–Crippen MR) is 103 cm³/mol. The Morgan fingerprint density at radius 3 is 2.96 bits per heavy atom. The van der Waals surface area contributed by atoms with Crippen LogP contribution < -0.4 is 0 Å². The van der Waals surface area contributed by atoms with E-state index in [1.807, 2.05) is 20.8 Å². The van der Waals surface area contributed by atoms with Crippen LogP contribution in [0.4, 0.5) is 10.5 Å². The number of aromatic nitrogens is 1. The van der Waals surface area contributed by atoms with Gasteiger partial charge in [0.1, 0.15) is 5.60 Å². The Morgan fingerprint density at radius 1 is 1.50 bits per heavy atom. The number of carbonyl (C=O) groups excluding carboxylic acids is 1. The highest BCUT2D eigenvalue weighted by Gasteiger charge is 2.29. The summed E-state index contributed by atoms with van der Waals surface area (Å²) in [4.78, 5) is 28.8. The average molecular weight is 396 g/mol. The third-order valence-corrected chi connectivity index (χ3v) is 6.35. The lowest BCUT2D eigenvalue weighted by Crippen LogP contribution is -2.35. The van der Waals surface area contributed by atoms with Crippen molar-refractivity contribution in [3.63, 3.8) is 0 Å². The maximum Gasteiger partial charge on any atom is 0.410 e. The molecule has 9 heteroatoms. The standard InChI is InChI=1S/C17H21N3O4S2/c1-17(2,3)24-16(21)19-7-6-11(9-19)10-25-15-18-13-8-12(20(22)23)4-5-14(13)26-15/h4-5,8,11H,6-7,9-10H2,1-3H3/t11-/m1/s1. The zero-order chi connectivity index (χ0) is 18.9. The smallest absolute Gasteiger partial charge is 0.410 e. The van der Waals surface area contributed by atoms with Crippen molar-refractivity contribution in [3.8, 4) is 0 Å². The highest BCUT2D eigenvalue weighted by Crippen LogP contribution is 2.34. The molecule has 0 saturated carbocycles. The van der Waals surface area contributed by atoms with E-state index in [4.69, 9.17) is 4.74 Å². The summed E-state index contributed by atoms with van der Waals surface area (Å²) in [6.07, 6.45) is 0.695. The van der Waals surface area contributed by atoms with Gasteiger partial charge in [0.2, 0.25) is 0 Å². The first-order valence-electron chi connectivity index (χ1n) is 8.37. The topological polar surface area (TPSA) is 85.6 Å². The minimum atomic E-state index is -0.479. The zero-order valence-corrected chi connectivity index (χ0v) is 16.6. The molecule has 0 bridgehead atoms. The van der Waals surface area contributed by atoms with Gasteiger partial charge in [0.15, 0.2) is 4.34 Å². The molecule has 7 nitrogen and oxygen atoms in total. The SMILES string of the molecule is CC(C)(C)OC(=O)N1CC[C@@H](CSc2nc3cc([N+](=O)[O-])ccc3s2)C1. The van der Waals surface area contributed by atoms with E-state index in [1.54, 1.807) is 34.1 Å². The molecule has 2 heterocycles. The summed E-state index contributed by atoms with van der Waals surface area (Å²) in [5.41, 5.74) is 0.240. The number of carbonyl (C=O) groups is 1. The van der Waals surface area contributed by atoms with Crippen molar-refractivity contribution in [1.29, 1.82) is 0 Å². The molecule has 0 spiro atoms. The highest BCUT2D eigenvalue weighted by molar-refractivity contribution is 8.01. The molecular weight excluding hydrogens is 374 g/mol. The van der Waals surface area contributed by atoms with Gasteiger partial charge >= 0.3 is 6.09 Å². The summed E-state index contributed by atoms with van der Waals surface area (Å²) >= 11 is 3.18. The summed E-state index contributed by atoms with van der Waals surface area (Å²) < 4.78 is 7.26. The number of ether oxygens (including phenoxy) is 1. The number of hydrogen-bond acceptors (Lipinski definition) is 7. The summed E-state index contributed by atoms with van der Waals surface area (Å²) in [6, 6.07) is 4.76. The number of benzene rings is 1. The maximum atomic E-state index is 12.1. The molecular formula is C17H21N3O4S2. The summed E-state index contributed by atoms with van der Waals surface area (Å²) in [6.45, 7) is 7.01. The fourth-order valence-corrected chi connectivity index (χ4v) is 4.92. The Labute approximate surface area is 159 Å². The number of amides is 1. The second-order valence-corrected chi connectivity index (χ2v) is 9.58. The van der Waals surface area contributed by atoms with E-state index in [2.05, 4.69) is 4.98 Å². The minimum Gasteiger partial charge on any atom is -0.444 e. The van der Waals surface area contributed by atoms with Crippen LogP contribution in [0.15, 0.2) is 22.5 Å². The van der Waals surface area contributed by atoms with Gasteiger partial charge in [-0.2, -0.15) is 0 Å². The average Bonchev–Trinajstić information content (AvgIpc) is 3.17. The molecule has 0 radical (unpaired) electrons. The number of nitro benzene ring substituents is 1. The van der Waals surface area contributed by atoms with Crippen LogP contribution in [0.2, 0.25) is 0 Å². The van der Waals surface area contributed by atoms with Gasteiger partial charge in [-0.15, -0.1) is 11.3 Å². The number of fused-ring (bicyclic) bond motifs is 1. The monoisotopic (exact) mass is 395 g/mol. The second-order valence-electron chi connectivity index (χ2n) is 7.28. The maximum absolute atomic E-state index is 12.1. The van der Waals surface area contributed by atoms with Crippen LogP contribution in [0.1, 0.15) is 27.2 Å². The van der Waals surface area contributed by atoms with Crippen LogP contribution in [0.25, 0.3) is 10.2 Å². The van der Waals surface area contributed by atoms with Crippen LogP contribution in [0, 0.1) is 16.0 Å². The molecule has 1 saturated heterocycles. The molecule has 140 valence electrons. The third-order valence-electron chi connectivity index (χ3n) is 3.94. The lowest BCUT2D eigenvalue weighted by molar-refractivity contribution is -0.384. The molecule has 0 unspecified atom stereocenters. The van der Waals surface area contributed by atoms with Gasteiger partial charge in [-0.3, -0.25) is 10.1 Å². The number of thioether (sulfide) groups is 1. The van der Waals surface area contributed by atoms with E-state index < -0.39 is 10.5 Å². The van der Waals surface area contributed by atoms with E-state index in [9.17, 15) is 14.9 Å². The molecule has 1 fully saturated rings. The number of thiazole rings is 1. The van der Waals surface area contributed by atoms with Crippen LogP contribution in [-0.4, -0.2) is 45.3 Å². The van der Waals surface area contributed by atoms with Crippen molar-refractivity contribution in [1.82, 2.24) is 9.88 Å². The summed E-state index contributed by atoms with van der Waals surface area (Å²) in [7, 11) is 0. The van der Waals surface area contributed by atoms with E-state index >= 15 is 0 Å². The number of hydrogen-bond donors (Lipinski definition) is 0. The first-order valence-corrected chi connectivity index (χ1v) is 10.2. The van der Waals surface area contributed by atoms with Crippen molar-refractivity contribution in [2.75, 3.05) is 18.8 Å². The minimum absolute atomic E-state index is 0.0585.